The number of rotatable bonds is 38. The van der Waals surface area contributed by atoms with E-state index < -0.39 is 112 Å². The standard InChI is InChI=1S/C60H101N11O15S/c1-16-38(9)53(69(13)59(80)51(36(5)6)66-58(79)52(37(7)8)68(11)12)45(84-14)32-49(75)70-30-19-21-44(70)54(85-15)39(10)55(76)67-87(82,83)42-24-22-41(23-25-42)63-56(77)43(20-18-29-62-60(61)81)64-57(78)50(35(3)4)65-46(72)28-31-86-34-40(17-2)33-71-47(73)26-27-48(71)74/h22-27,35-40,43-45,50-54,60,62,81H,16-21,28-34,61H2,1-15H3,(H,63,77)(H,64,78)(H,65,72)(H,66,79)(H,67,76)/t38-,39+,40?,43-,44-,45+,50-,51-,52-,53-,54+,60?/m0/s1. The van der Waals surface area contributed by atoms with Crippen LogP contribution in [0.2, 0.25) is 0 Å². The van der Waals surface area contributed by atoms with E-state index in [1.165, 1.54) is 57.6 Å². The van der Waals surface area contributed by atoms with E-state index in [9.17, 15) is 56.7 Å². The second kappa shape index (κ2) is 35.9. The Bertz CT molecular complexity index is 2580. The summed E-state index contributed by atoms with van der Waals surface area (Å²) >= 11 is 0. The number of likely N-dealkylation sites (N-methyl/N-ethyl adjacent to an activating group) is 2. The van der Waals surface area contributed by atoms with Crippen LogP contribution in [0.4, 0.5) is 5.69 Å². The van der Waals surface area contributed by atoms with Gasteiger partial charge in [-0.3, -0.25) is 64.0 Å². The molecule has 26 nitrogen and oxygen atoms in total. The lowest BCUT2D eigenvalue weighted by Crippen LogP contribution is -2.59. The van der Waals surface area contributed by atoms with Crippen LogP contribution in [0.15, 0.2) is 41.3 Å². The van der Waals surface area contributed by atoms with Gasteiger partial charge in [0.1, 0.15) is 18.1 Å². The fourth-order valence-corrected chi connectivity index (χ4v) is 12.2. The van der Waals surface area contributed by atoms with Gasteiger partial charge in [-0.05, 0) is 101 Å². The van der Waals surface area contributed by atoms with E-state index >= 15 is 0 Å². The molecule has 2 heterocycles. The van der Waals surface area contributed by atoms with Crippen molar-refractivity contribution in [3.63, 3.8) is 0 Å². The maximum atomic E-state index is 14.4. The molecule has 87 heavy (non-hydrogen) atoms. The van der Waals surface area contributed by atoms with Crippen molar-refractivity contribution >= 4 is 68.9 Å². The van der Waals surface area contributed by atoms with Gasteiger partial charge in [0.25, 0.3) is 21.8 Å². The molecule has 1 fully saturated rings. The topological polar surface area (TPSA) is 347 Å². The lowest BCUT2D eigenvalue weighted by molar-refractivity contribution is -0.148. The van der Waals surface area contributed by atoms with Gasteiger partial charge in [-0.15, -0.1) is 0 Å². The number of ether oxygens (including phenoxy) is 3. The first-order valence-electron chi connectivity index (χ1n) is 30.3. The van der Waals surface area contributed by atoms with Crippen molar-refractivity contribution < 1.29 is 70.9 Å². The predicted octanol–water partition coefficient (Wildman–Crippen LogP) is 1.67. The van der Waals surface area contributed by atoms with Crippen molar-refractivity contribution in [3.8, 4) is 0 Å². The third-order valence-electron chi connectivity index (χ3n) is 16.3. The number of aliphatic hydroxyl groups excluding tert-OH is 1. The highest BCUT2D eigenvalue weighted by Gasteiger charge is 2.44. The molecule has 0 radical (unpaired) electrons. The number of nitrogens with two attached hydrogens (primary N) is 1. The fraction of sp³-hybridized carbons (Fsp3) is 0.717. The van der Waals surface area contributed by atoms with Crippen LogP contribution in [0.25, 0.3) is 0 Å². The van der Waals surface area contributed by atoms with Crippen LogP contribution in [-0.2, 0) is 67.4 Å². The van der Waals surface area contributed by atoms with Crippen LogP contribution in [0, 0.1) is 35.5 Å². The normalized spacial score (nSPS) is 18.4. The Morgan fingerprint density at radius 1 is 0.793 bits per heavy atom. The zero-order chi connectivity index (χ0) is 65.6. The van der Waals surface area contributed by atoms with Crippen LogP contribution in [0.3, 0.4) is 0 Å². The molecule has 0 bridgehead atoms. The molecule has 0 saturated carbocycles. The summed E-state index contributed by atoms with van der Waals surface area (Å²) < 4.78 is 47.3. The van der Waals surface area contributed by atoms with E-state index in [1.807, 2.05) is 67.5 Å². The number of likely N-dealkylation sites (tertiary alicyclic amines) is 1. The third kappa shape index (κ3) is 22.3. The summed E-state index contributed by atoms with van der Waals surface area (Å²) in [6, 6.07) is 0.175. The highest BCUT2D eigenvalue weighted by Crippen LogP contribution is 2.30. The number of amides is 9. The summed E-state index contributed by atoms with van der Waals surface area (Å²) in [4.78, 5) is 127. The average molecular weight is 1250 g/mol. The largest absolute Gasteiger partial charge is 0.381 e. The molecule has 3 rings (SSSR count). The Balaban J connectivity index is 1.71. The summed E-state index contributed by atoms with van der Waals surface area (Å²) in [6.45, 7) is 19.2. The quantitative estimate of drug-likeness (QED) is 0.0265. The molecule has 492 valence electrons. The molecule has 27 heteroatoms. The summed E-state index contributed by atoms with van der Waals surface area (Å²) in [5, 5.41) is 23.3. The monoisotopic (exact) mass is 1250 g/mol. The van der Waals surface area contributed by atoms with Gasteiger partial charge in [0, 0.05) is 64.5 Å². The lowest BCUT2D eigenvalue weighted by Gasteiger charge is -2.41. The fourth-order valence-electron chi connectivity index (χ4n) is 11.1. The van der Waals surface area contributed by atoms with Gasteiger partial charge in [0.15, 0.2) is 6.35 Å². The SMILES string of the molecule is CCC(COCCC(=O)N[C@H](C(=O)N[C@@H](CCCNC(N)O)C(=O)Nc1ccc(S(=O)(=O)NC(=O)[C@H](C)[C@@H](OC)[C@@H]2CCCN2C(=O)C[C@@H](OC)[C@H]([C@@H](C)CC)N(C)C(=O)[C@@H](NC(=O)[C@H](C(C)C)N(C)C)C(C)C)cc1)C(C)C)CN1C(=O)C=CC1=O. The van der Waals surface area contributed by atoms with Crippen molar-refractivity contribution in [1.82, 2.24) is 45.6 Å². The van der Waals surface area contributed by atoms with E-state index in [0.29, 0.717) is 32.2 Å². The molecule has 0 aromatic heterocycles. The minimum atomic E-state index is -4.52. The Morgan fingerprint density at radius 2 is 1.41 bits per heavy atom. The Labute approximate surface area is 514 Å². The molecule has 12 atom stereocenters. The molecule has 0 spiro atoms. The molecule has 2 aliphatic heterocycles. The first-order chi connectivity index (χ1) is 40.8. The number of imide groups is 1. The van der Waals surface area contributed by atoms with E-state index in [-0.39, 0.29) is 104 Å². The van der Waals surface area contributed by atoms with Gasteiger partial charge in [-0.25, -0.2) is 13.1 Å². The van der Waals surface area contributed by atoms with Gasteiger partial charge in [-0.2, -0.15) is 0 Å². The maximum absolute atomic E-state index is 14.4. The Hall–Kier alpha value is -5.94. The smallest absolute Gasteiger partial charge is 0.264 e. The van der Waals surface area contributed by atoms with E-state index in [1.54, 1.807) is 30.7 Å². The number of carbonyl (C=O) groups excluding carboxylic acids is 9. The molecule has 0 aliphatic carbocycles. The highest BCUT2D eigenvalue weighted by atomic mass is 32.2. The minimum absolute atomic E-state index is 0.00679. The van der Waals surface area contributed by atoms with Crippen LogP contribution >= 0.6 is 0 Å². The van der Waals surface area contributed by atoms with Crippen molar-refractivity contribution in [2.24, 2.45) is 41.2 Å². The van der Waals surface area contributed by atoms with Gasteiger partial charge >= 0.3 is 0 Å². The van der Waals surface area contributed by atoms with Crippen LogP contribution in [-0.4, -0.2) is 209 Å². The number of carbonyl (C=O) groups is 9. The van der Waals surface area contributed by atoms with Gasteiger partial charge in [0.2, 0.25) is 41.4 Å². The molecule has 2 aliphatic rings. The summed E-state index contributed by atoms with van der Waals surface area (Å²) in [5.41, 5.74) is 5.56. The second-order valence-electron chi connectivity index (χ2n) is 24.1. The highest BCUT2D eigenvalue weighted by molar-refractivity contribution is 7.90. The predicted molar refractivity (Wildman–Crippen MR) is 327 cm³/mol. The number of aliphatic hydroxyl groups is 1. The number of methoxy groups -OCH3 is 2. The van der Waals surface area contributed by atoms with E-state index in [4.69, 9.17) is 19.9 Å². The number of nitrogens with zero attached hydrogens (tertiary/aromatic N) is 4. The number of anilines is 1. The Morgan fingerprint density at radius 3 is 1.94 bits per heavy atom. The molecule has 1 saturated heterocycles. The zero-order valence-corrected chi connectivity index (χ0v) is 54.6. The van der Waals surface area contributed by atoms with Crippen molar-refractivity contribution in [2.45, 2.75) is 180 Å². The van der Waals surface area contributed by atoms with Gasteiger partial charge in [-0.1, -0.05) is 75.7 Å². The van der Waals surface area contributed by atoms with E-state index in [2.05, 4.69) is 31.3 Å². The maximum Gasteiger partial charge on any atom is 0.264 e. The summed E-state index contributed by atoms with van der Waals surface area (Å²) in [5.74, 6) is -6.52. The Kier molecular flexibility index (Phi) is 31.1. The third-order valence-corrected chi connectivity index (χ3v) is 17.6. The summed E-state index contributed by atoms with van der Waals surface area (Å²) in [6.07, 6.45) is 1.71. The van der Waals surface area contributed by atoms with Crippen LogP contribution in [0.1, 0.15) is 121 Å². The van der Waals surface area contributed by atoms with Gasteiger partial charge < -0.3 is 50.4 Å². The molecule has 1 aromatic rings. The van der Waals surface area contributed by atoms with Crippen molar-refractivity contribution in [1.29, 1.82) is 0 Å². The number of sulfonamides is 1. The van der Waals surface area contributed by atoms with Crippen molar-refractivity contribution in [3.05, 3.63) is 36.4 Å². The van der Waals surface area contributed by atoms with Crippen LogP contribution in [0.5, 0.6) is 0 Å². The van der Waals surface area contributed by atoms with Crippen LogP contribution < -0.4 is 37.0 Å². The first-order valence-corrected chi connectivity index (χ1v) is 31.8. The average Bonchev–Trinajstić information content (AvgIpc) is 2.20. The van der Waals surface area contributed by atoms with E-state index in [0.717, 1.165) is 4.90 Å². The lowest BCUT2D eigenvalue weighted by atomic mass is 9.89. The molecule has 2 unspecified atom stereocenters. The summed E-state index contributed by atoms with van der Waals surface area (Å²) in [7, 11) is 3.65. The molecular weight excluding hydrogens is 1150 g/mol. The minimum Gasteiger partial charge on any atom is -0.381 e. The number of hydrogen-bond donors (Lipinski definition) is 8. The van der Waals surface area contributed by atoms with Crippen molar-refractivity contribution in [2.75, 3.05) is 73.5 Å². The number of hydrogen-bond acceptors (Lipinski definition) is 18. The molecular formula is C60H101N11O15S. The molecule has 9 amide bonds. The molecule has 9 N–H and O–H groups in total. The van der Waals surface area contributed by atoms with Gasteiger partial charge in [0.05, 0.1) is 60.8 Å². The molecule has 1 aromatic carbocycles. The first kappa shape index (κ1) is 75.3. The number of benzene rings is 1. The second-order valence-corrected chi connectivity index (χ2v) is 25.7. The number of nitrogens with one attached hydrogen (secondary N) is 6. The zero-order valence-electron chi connectivity index (χ0n) is 53.8.